The second-order valence-electron chi connectivity index (χ2n) is 2.71. The first kappa shape index (κ1) is 9.01. The predicted molar refractivity (Wildman–Crippen MR) is 52.7 cm³/mol. The molecule has 0 saturated heterocycles. The molecule has 0 aromatic carbocycles. The molecule has 0 unspecified atom stereocenters. The monoisotopic (exact) mass is 256 g/mol. The summed E-state index contributed by atoms with van der Waals surface area (Å²) >= 11 is 3.20. The van der Waals surface area contributed by atoms with Crippen molar-refractivity contribution >= 4 is 27.4 Å². The molecule has 0 atom stereocenters. The maximum atomic E-state index is 11.4. The zero-order chi connectivity index (χ0) is 10.3. The number of H-pyrrole nitrogens is 1. The number of nitrogens with zero attached hydrogens (tertiary/aromatic N) is 1. The first-order valence-electron chi connectivity index (χ1n) is 3.73. The lowest BCUT2D eigenvalue weighted by Crippen LogP contribution is -2.15. The van der Waals surface area contributed by atoms with Crippen LogP contribution in [-0.4, -0.2) is 20.5 Å². The van der Waals surface area contributed by atoms with Gasteiger partial charge in [-0.05, 0) is 28.1 Å². The van der Waals surface area contributed by atoms with Crippen molar-refractivity contribution in [2.75, 3.05) is 0 Å². The molecule has 72 valence electrons. The number of carboxylic acid groups (broad SMARTS) is 1. The summed E-state index contributed by atoms with van der Waals surface area (Å²) in [4.78, 5) is 24.3. The SMILES string of the molecule is O=C(O)c1cn2c(Br)ccc2c(=O)[nH]1. The molecule has 0 aliphatic heterocycles. The fourth-order valence-electron chi connectivity index (χ4n) is 1.20. The molecular weight excluding hydrogens is 252 g/mol. The summed E-state index contributed by atoms with van der Waals surface area (Å²) in [5, 5.41) is 8.70. The Kier molecular flexibility index (Phi) is 1.92. The highest BCUT2D eigenvalue weighted by Crippen LogP contribution is 2.12. The van der Waals surface area contributed by atoms with Crippen molar-refractivity contribution in [2.24, 2.45) is 0 Å². The Labute approximate surface area is 86.1 Å². The maximum Gasteiger partial charge on any atom is 0.353 e. The second-order valence-corrected chi connectivity index (χ2v) is 3.53. The van der Waals surface area contributed by atoms with Crippen molar-refractivity contribution in [3.63, 3.8) is 0 Å². The van der Waals surface area contributed by atoms with Crippen LogP contribution in [0.4, 0.5) is 0 Å². The van der Waals surface area contributed by atoms with Gasteiger partial charge in [-0.1, -0.05) is 0 Å². The van der Waals surface area contributed by atoms with E-state index in [9.17, 15) is 9.59 Å². The first-order chi connectivity index (χ1) is 6.59. The number of rotatable bonds is 1. The van der Waals surface area contributed by atoms with Crippen LogP contribution >= 0.6 is 15.9 Å². The van der Waals surface area contributed by atoms with Gasteiger partial charge in [-0.3, -0.25) is 4.79 Å². The predicted octanol–water partition coefficient (Wildman–Crippen LogP) is 1.09. The van der Waals surface area contributed by atoms with E-state index in [4.69, 9.17) is 5.11 Å². The Morgan fingerprint density at radius 2 is 2.21 bits per heavy atom. The van der Waals surface area contributed by atoms with Crippen LogP contribution < -0.4 is 5.56 Å². The van der Waals surface area contributed by atoms with Crippen molar-refractivity contribution in [1.82, 2.24) is 9.38 Å². The summed E-state index contributed by atoms with van der Waals surface area (Å²) in [5.74, 6) is -1.16. The number of aromatic carboxylic acids is 1. The molecule has 0 bridgehead atoms. The lowest BCUT2D eigenvalue weighted by molar-refractivity contribution is 0.0689. The number of hydrogen-bond acceptors (Lipinski definition) is 2. The molecule has 0 amide bonds. The fourth-order valence-corrected chi connectivity index (χ4v) is 1.62. The molecule has 2 aromatic rings. The summed E-state index contributed by atoms with van der Waals surface area (Å²) in [5.41, 5.74) is -0.156. The standard InChI is InChI=1S/C8H5BrN2O3/c9-6-2-1-5-7(12)10-4(8(13)14)3-11(5)6/h1-3H,(H,10,12)(H,13,14). The third-order valence-corrected chi connectivity index (χ3v) is 2.48. The average molecular weight is 257 g/mol. The zero-order valence-corrected chi connectivity index (χ0v) is 8.41. The smallest absolute Gasteiger partial charge is 0.353 e. The molecule has 6 heteroatoms. The van der Waals surface area contributed by atoms with Gasteiger partial charge in [-0.2, -0.15) is 0 Å². The van der Waals surface area contributed by atoms with Crippen LogP contribution in [0.5, 0.6) is 0 Å². The quantitative estimate of drug-likeness (QED) is 0.802. The number of hydrogen-bond donors (Lipinski definition) is 2. The van der Waals surface area contributed by atoms with E-state index in [0.29, 0.717) is 10.1 Å². The van der Waals surface area contributed by atoms with Gasteiger partial charge in [0.2, 0.25) is 0 Å². The Bertz CT molecular complexity index is 569. The van der Waals surface area contributed by atoms with Crippen molar-refractivity contribution in [3.05, 3.63) is 39.0 Å². The van der Waals surface area contributed by atoms with Crippen LogP contribution in [0.15, 0.2) is 27.7 Å². The van der Waals surface area contributed by atoms with Gasteiger partial charge in [0.1, 0.15) is 11.2 Å². The topological polar surface area (TPSA) is 74.6 Å². The van der Waals surface area contributed by atoms with E-state index in [1.54, 1.807) is 12.1 Å². The van der Waals surface area contributed by atoms with Gasteiger partial charge in [-0.25, -0.2) is 4.79 Å². The number of halogens is 1. The fraction of sp³-hybridized carbons (Fsp3) is 0. The highest BCUT2D eigenvalue weighted by molar-refractivity contribution is 9.10. The number of aromatic amines is 1. The minimum absolute atomic E-state index is 0.139. The number of aromatic nitrogens is 2. The Morgan fingerprint density at radius 1 is 1.50 bits per heavy atom. The van der Waals surface area contributed by atoms with Gasteiger partial charge < -0.3 is 14.5 Å². The maximum absolute atomic E-state index is 11.4. The van der Waals surface area contributed by atoms with Gasteiger partial charge in [0.05, 0.1) is 4.60 Å². The average Bonchev–Trinajstić information content (AvgIpc) is 2.48. The van der Waals surface area contributed by atoms with E-state index < -0.39 is 11.5 Å². The summed E-state index contributed by atoms with van der Waals surface area (Å²) in [6.45, 7) is 0. The summed E-state index contributed by atoms with van der Waals surface area (Å²) in [6, 6.07) is 3.28. The molecule has 5 nitrogen and oxygen atoms in total. The Balaban J connectivity index is 2.89. The number of fused-ring (bicyclic) bond motifs is 1. The van der Waals surface area contributed by atoms with Crippen LogP contribution in [0.2, 0.25) is 0 Å². The molecule has 0 aliphatic rings. The van der Waals surface area contributed by atoms with Gasteiger partial charge in [-0.15, -0.1) is 0 Å². The van der Waals surface area contributed by atoms with Crippen LogP contribution in [0.3, 0.4) is 0 Å². The zero-order valence-electron chi connectivity index (χ0n) is 6.82. The van der Waals surface area contributed by atoms with Gasteiger partial charge >= 0.3 is 5.97 Å². The summed E-state index contributed by atoms with van der Waals surface area (Å²) in [7, 11) is 0. The molecule has 2 rings (SSSR count). The first-order valence-corrected chi connectivity index (χ1v) is 4.52. The molecule has 2 N–H and O–H groups in total. The molecule has 0 saturated carbocycles. The van der Waals surface area contributed by atoms with E-state index in [2.05, 4.69) is 20.9 Å². The Hall–Kier alpha value is -1.56. The number of nitrogens with one attached hydrogen (secondary N) is 1. The molecule has 14 heavy (non-hydrogen) atoms. The van der Waals surface area contributed by atoms with Crippen LogP contribution in [0, 0.1) is 0 Å². The van der Waals surface area contributed by atoms with Crippen molar-refractivity contribution in [1.29, 1.82) is 0 Å². The lowest BCUT2D eigenvalue weighted by Gasteiger charge is -1.98. The molecule has 0 fully saturated rings. The van der Waals surface area contributed by atoms with Crippen molar-refractivity contribution in [2.45, 2.75) is 0 Å². The minimum atomic E-state index is -1.16. The van der Waals surface area contributed by atoms with Crippen LogP contribution in [-0.2, 0) is 0 Å². The molecule has 0 spiro atoms. The summed E-state index contributed by atoms with van der Waals surface area (Å²) in [6.07, 6.45) is 1.35. The van der Waals surface area contributed by atoms with E-state index in [1.165, 1.54) is 10.6 Å². The van der Waals surface area contributed by atoms with Gasteiger partial charge in [0.15, 0.2) is 0 Å². The second kappa shape index (κ2) is 2.98. The van der Waals surface area contributed by atoms with E-state index in [-0.39, 0.29) is 5.69 Å². The van der Waals surface area contributed by atoms with E-state index in [0.717, 1.165) is 0 Å². The molecule has 2 heterocycles. The molecule has 0 aliphatic carbocycles. The highest BCUT2D eigenvalue weighted by atomic mass is 79.9. The molecule has 0 radical (unpaired) electrons. The normalized spacial score (nSPS) is 10.6. The van der Waals surface area contributed by atoms with Crippen molar-refractivity contribution < 1.29 is 9.90 Å². The molecule has 2 aromatic heterocycles. The van der Waals surface area contributed by atoms with E-state index in [1.807, 2.05) is 0 Å². The number of carboxylic acids is 1. The highest BCUT2D eigenvalue weighted by Gasteiger charge is 2.08. The van der Waals surface area contributed by atoms with Crippen LogP contribution in [0.25, 0.3) is 5.52 Å². The largest absolute Gasteiger partial charge is 0.477 e. The van der Waals surface area contributed by atoms with Crippen molar-refractivity contribution in [3.8, 4) is 0 Å². The van der Waals surface area contributed by atoms with Crippen LogP contribution in [0.1, 0.15) is 10.5 Å². The third-order valence-electron chi connectivity index (χ3n) is 1.84. The minimum Gasteiger partial charge on any atom is -0.477 e. The van der Waals surface area contributed by atoms with Gasteiger partial charge in [0.25, 0.3) is 5.56 Å². The van der Waals surface area contributed by atoms with E-state index >= 15 is 0 Å². The Morgan fingerprint density at radius 3 is 2.86 bits per heavy atom. The lowest BCUT2D eigenvalue weighted by atomic mass is 10.4. The number of carbonyl (C=O) groups is 1. The summed E-state index contributed by atoms with van der Waals surface area (Å²) < 4.78 is 2.11. The molecular formula is C8H5BrN2O3. The third kappa shape index (κ3) is 1.24. The van der Waals surface area contributed by atoms with Gasteiger partial charge in [0, 0.05) is 6.20 Å².